The fraction of sp³-hybridized carbons (Fsp3) is 0.900. The zero-order chi connectivity index (χ0) is 11.9. The molecule has 0 amide bonds. The molecule has 0 aliphatic heterocycles. The minimum atomic E-state index is -0.735. The molecule has 0 aromatic rings. The lowest BCUT2D eigenvalue weighted by molar-refractivity contribution is -0.148. The summed E-state index contributed by atoms with van der Waals surface area (Å²) in [6.07, 6.45) is 1.07. The van der Waals surface area contributed by atoms with E-state index in [1.54, 1.807) is 13.8 Å². The monoisotopic (exact) mass is 218 g/mol. The first-order valence-electron chi connectivity index (χ1n) is 5.21. The number of carbonyl (C=O) groups is 1. The lowest BCUT2D eigenvalue weighted by atomic mass is 10.0. The summed E-state index contributed by atoms with van der Waals surface area (Å²) < 4.78 is 4.99. The van der Waals surface area contributed by atoms with Crippen LogP contribution < -0.4 is 11.5 Å². The van der Waals surface area contributed by atoms with E-state index >= 15 is 0 Å². The lowest BCUT2D eigenvalue weighted by Crippen LogP contribution is -2.33. The molecule has 90 valence electrons. The molecule has 0 spiro atoms. The van der Waals surface area contributed by atoms with Crippen LogP contribution in [0.15, 0.2) is 0 Å². The van der Waals surface area contributed by atoms with Crippen molar-refractivity contribution < 1.29 is 14.6 Å². The summed E-state index contributed by atoms with van der Waals surface area (Å²) >= 11 is 0. The van der Waals surface area contributed by atoms with Gasteiger partial charge in [0.15, 0.2) is 0 Å². The zero-order valence-corrected chi connectivity index (χ0v) is 9.53. The van der Waals surface area contributed by atoms with Gasteiger partial charge in [0.1, 0.15) is 6.10 Å². The molecule has 0 aromatic heterocycles. The van der Waals surface area contributed by atoms with Crippen molar-refractivity contribution in [2.75, 3.05) is 13.1 Å². The van der Waals surface area contributed by atoms with Crippen LogP contribution in [0.2, 0.25) is 0 Å². The fourth-order valence-corrected chi connectivity index (χ4v) is 1.10. The van der Waals surface area contributed by atoms with E-state index in [4.69, 9.17) is 16.2 Å². The second-order valence-corrected chi connectivity index (χ2v) is 4.25. The molecule has 5 heteroatoms. The van der Waals surface area contributed by atoms with Crippen molar-refractivity contribution in [1.29, 1.82) is 0 Å². The van der Waals surface area contributed by atoms with Gasteiger partial charge in [0.2, 0.25) is 0 Å². The van der Waals surface area contributed by atoms with Crippen molar-refractivity contribution in [3.8, 4) is 0 Å². The molecule has 5 N–H and O–H groups in total. The molecule has 5 nitrogen and oxygen atoms in total. The maximum Gasteiger partial charge on any atom is 0.306 e. The number of ether oxygens (including phenoxy) is 1. The summed E-state index contributed by atoms with van der Waals surface area (Å²) in [6.45, 7) is 3.91. The first-order chi connectivity index (χ1) is 6.89. The maximum absolute atomic E-state index is 11.2. The fourth-order valence-electron chi connectivity index (χ4n) is 1.10. The molecular formula is C10H22N2O3. The highest BCUT2D eigenvalue weighted by molar-refractivity contribution is 5.69. The Kier molecular flexibility index (Phi) is 6.47. The highest BCUT2D eigenvalue weighted by atomic mass is 16.5. The number of nitrogens with two attached hydrogens (primary N) is 2. The van der Waals surface area contributed by atoms with Gasteiger partial charge in [-0.2, -0.15) is 0 Å². The molecule has 0 aromatic carbocycles. The zero-order valence-electron chi connectivity index (χ0n) is 9.53. The van der Waals surface area contributed by atoms with Crippen LogP contribution in [0.4, 0.5) is 0 Å². The summed E-state index contributed by atoms with van der Waals surface area (Å²) in [5.74, 6) is -0.305. The Hall–Kier alpha value is -0.650. The number of rotatable bonds is 7. The largest absolute Gasteiger partial charge is 0.460 e. The van der Waals surface area contributed by atoms with Gasteiger partial charge in [-0.05, 0) is 26.7 Å². The van der Waals surface area contributed by atoms with Crippen LogP contribution in [0, 0.1) is 0 Å². The van der Waals surface area contributed by atoms with Gasteiger partial charge < -0.3 is 21.3 Å². The predicted molar refractivity (Wildman–Crippen MR) is 58.1 cm³/mol. The Morgan fingerprint density at radius 3 is 2.33 bits per heavy atom. The Labute approximate surface area is 90.8 Å². The lowest BCUT2D eigenvalue weighted by Gasteiger charge is -2.17. The summed E-state index contributed by atoms with van der Waals surface area (Å²) in [5, 5.41) is 9.41. The van der Waals surface area contributed by atoms with Crippen molar-refractivity contribution in [1.82, 2.24) is 0 Å². The van der Waals surface area contributed by atoms with Crippen LogP contribution in [0.1, 0.15) is 33.1 Å². The van der Waals surface area contributed by atoms with E-state index < -0.39 is 5.60 Å². The maximum atomic E-state index is 11.2. The Morgan fingerprint density at radius 1 is 1.40 bits per heavy atom. The van der Waals surface area contributed by atoms with Gasteiger partial charge in [-0.1, -0.05) is 0 Å². The number of hydrogen-bond donors (Lipinski definition) is 3. The quantitative estimate of drug-likeness (QED) is 0.512. The number of esters is 1. The van der Waals surface area contributed by atoms with Gasteiger partial charge in [0.25, 0.3) is 0 Å². The topological polar surface area (TPSA) is 98.6 Å². The molecule has 0 radical (unpaired) electrons. The summed E-state index contributed by atoms with van der Waals surface area (Å²) in [7, 11) is 0. The van der Waals surface area contributed by atoms with E-state index in [1.807, 2.05) is 0 Å². The van der Waals surface area contributed by atoms with Gasteiger partial charge in [-0.15, -0.1) is 0 Å². The highest BCUT2D eigenvalue weighted by Crippen LogP contribution is 2.12. The van der Waals surface area contributed by atoms with Crippen LogP contribution in [0.5, 0.6) is 0 Å². The molecule has 0 saturated heterocycles. The van der Waals surface area contributed by atoms with Gasteiger partial charge in [0, 0.05) is 19.5 Å². The highest BCUT2D eigenvalue weighted by Gasteiger charge is 2.15. The van der Waals surface area contributed by atoms with Crippen LogP contribution in [-0.2, 0) is 9.53 Å². The van der Waals surface area contributed by atoms with Gasteiger partial charge in [0.05, 0.1) is 5.60 Å². The third-order valence-corrected chi connectivity index (χ3v) is 1.99. The Morgan fingerprint density at radius 2 is 1.93 bits per heavy atom. The summed E-state index contributed by atoms with van der Waals surface area (Å²) in [4.78, 5) is 11.2. The van der Waals surface area contributed by atoms with Crippen LogP contribution >= 0.6 is 0 Å². The summed E-state index contributed by atoms with van der Waals surface area (Å²) in [5.41, 5.74) is 9.93. The van der Waals surface area contributed by atoms with Gasteiger partial charge in [-0.25, -0.2) is 0 Å². The molecule has 0 aliphatic carbocycles. The number of carbonyl (C=O) groups excluding carboxylic acids is 1. The molecule has 0 fully saturated rings. The predicted octanol–water partition coefficient (Wildman–Crippen LogP) is -0.243. The second kappa shape index (κ2) is 6.76. The minimum Gasteiger partial charge on any atom is -0.460 e. The van der Waals surface area contributed by atoms with E-state index in [1.165, 1.54) is 0 Å². The smallest absolute Gasteiger partial charge is 0.306 e. The third-order valence-electron chi connectivity index (χ3n) is 1.99. The molecule has 0 saturated carbocycles. The SMILES string of the molecule is CC(C)(O)CCCC(=O)OC(CN)CN. The van der Waals surface area contributed by atoms with Gasteiger partial charge >= 0.3 is 5.97 Å². The molecule has 0 unspecified atom stereocenters. The molecule has 0 atom stereocenters. The number of hydrogen-bond acceptors (Lipinski definition) is 5. The van der Waals surface area contributed by atoms with Crippen molar-refractivity contribution in [3.63, 3.8) is 0 Å². The van der Waals surface area contributed by atoms with E-state index in [0.717, 1.165) is 0 Å². The number of aliphatic hydroxyl groups is 1. The van der Waals surface area contributed by atoms with E-state index in [9.17, 15) is 9.90 Å². The average Bonchev–Trinajstić information content (AvgIpc) is 2.12. The van der Waals surface area contributed by atoms with E-state index in [-0.39, 0.29) is 25.2 Å². The van der Waals surface area contributed by atoms with E-state index in [2.05, 4.69) is 0 Å². The Bertz CT molecular complexity index is 186. The van der Waals surface area contributed by atoms with Crippen molar-refractivity contribution >= 4 is 5.97 Å². The third kappa shape index (κ3) is 8.35. The molecule has 0 heterocycles. The molecule has 0 rings (SSSR count). The standard InChI is InChI=1S/C10H22N2O3/c1-10(2,14)5-3-4-9(13)15-8(6-11)7-12/h8,14H,3-7,11-12H2,1-2H3. The van der Waals surface area contributed by atoms with Crippen LogP contribution in [-0.4, -0.2) is 35.9 Å². The van der Waals surface area contributed by atoms with Crippen LogP contribution in [0.25, 0.3) is 0 Å². The molecule has 0 bridgehead atoms. The van der Waals surface area contributed by atoms with Crippen molar-refractivity contribution in [2.45, 2.75) is 44.8 Å². The van der Waals surface area contributed by atoms with Crippen molar-refractivity contribution in [2.24, 2.45) is 11.5 Å². The van der Waals surface area contributed by atoms with Crippen LogP contribution in [0.3, 0.4) is 0 Å². The first-order valence-corrected chi connectivity index (χ1v) is 5.21. The second-order valence-electron chi connectivity index (χ2n) is 4.25. The average molecular weight is 218 g/mol. The van der Waals surface area contributed by atoms with Crippen molar-refractivity contribution in [3.05, 3.63) is 0 Å². The molecule has 15 heavy (non-hydrogen) atoms. The molecule has 0 aliphatic rings. The molecular weight excluding hydrogens is 196 g/mol. The van der Waals surface area contributed by atoms with E-state index in [0.29, 0.717) is 19.3 Å². The first kappa shape index (κ1) is 14.3. The normalized spacial score (nSPS) is 11.9. The minimum absolute atomic E-state index is 0.244. The van der Waals surface area contributed by atoms with Gasteiger partial charge in [-0.3, -0.25) is 4.79 Å². The Balaban J connectivity index is 3.66. The summed E-state index contributed by atoms with van der Waals surface area (Å²) in [6, 6.07) is 0.